The van der Waals surface area contributed by atoms with E-state index in [1.807, 2.05) is 55.6 Å². The number of anilines is 2. The van der Waals surface area contributed by atoms with Crippen molar-refractivity contribution in [3.05, 3.63) is 89.4 Å². The van der Waals surface area contributed by atoms with Crippen molar-refractivity contribution in [1.29, 1.82) is 0 Å². The molecule has 1 fully saturated rings. The quantitative estimate of drug-likeness (QED) is 0.135. The summed E-state index contributed by atoms with van der Waals surface area (Å²) >= 11 is 0. The van der Waals surface area contributed by atoms with Crippen LogP contribution in [0.4, 0.5) is 16.2 Å². The number of urea groups is 1. The van der Waals surface area contributed by atoms with Crippen molar-refractivity contribution in [3.8, 4) is 11.5 Å². The van der Waals surface area contributed by atoms with Crippen LogP contribution in [0.25, 0.3) is 5.65 Å². The number of carbonyl (C=O) groups excluding carboxylic acids is 2. The Bertz CT molecular complexity index is 2110. The van der Waals surface area contributed by atoms with Crippen molar-refractivity contribution in [3.63, 3.8) is 0 Å². The lowest BCUT2D eigenvalue weighted by Crippen LogP contribution is -2.49. The van der Waals surface area contributed by atoms with Gasteiger partial charge in [0.1, 0.15) is 17.4 Å². The normalized spacial score (nSPS) is 20.6. The summed E-state index contributed by atoms with van der Waals surface area (Å²) in [7, 11) is -2.29. The van der Waals surface area contributed by atoms with Crippen molar-refractivity contribution in [2.45, 2.75) is 76.6 Å². The van der Waals surface area contributed by atoms with Gasteiger partial charge in [-0.3, -0.25) is 18.8 Å². The Kier molecular flexibility index (Phi) is 9.59. The van der Waals surface area contributed by atoms with Gasteiger partial charge in [0.05, 0.1) is 37.0 Å². The molecule has 0 spiro atoms. The molecule has 270 valence electrons. The van der Waals surface area contributed by atoms with Crippen molar-refractivity contribution < 1.29 is 27.5 Å². The summed E-state index contributed by atoms with van der Waals surface area (Å²) in [5.74, 6) is 1.59. The van der Waals surface area contributed by atoms with E-state index in [0.717, 1.165) is 42.7 Å². The maximum absolute atomic E-state index is 13.7. The number of nitrogens with zero attached hydrogens (tertiary/aromatic N) is 4. The number of ether oxygens (including phenoxy) is 2. The molecule has 2 aromatic heterocycles. The Hall–Kier alpha value is -4.95. The van der Waals surface area contributed by atoms with Crippen LogP contribution in [0.1, 0.15) is 82.1 Å². The fourth-order valence-electron chi connectivity index (χ4n) is 6.91. The third-order valence-electron chi connectivity index (χ3n) is 9.38. The van der Waals surface area contributed by atoms with Crippen molar-refractivity contribution in [1.82, 2.24) is 24.8 Å². The van der Waals surface area contributed by atoms with Gasteiger partial charge >= 0.3 is 6.03 Å². The smallest absolute Gasteiger partial charge is 0.320 e. The van der Waals surface area contributed by atoms with E-state index in [4.69, 9.17) is 9.47 Å². The molecule has 3 heterocycles. The number of nitrogens with one attached hydrogen (secondary N) is 3. The SMILES string of the molecule is COc1c(NC(=O)N[C@@]2(C=O)C=C[C@@H](Oc3ccc4nnc([C@@H]5CCCN5C(C)C)n4c3)c3ccccc32)cc(C(C)(C)C)cc1NS(C)(=O)=O. The molecule has 1 aliphatic carbocycles. The molecular weight excluding hydrogens is 671 g/mol. The molecule has 0 bridgehead atoms. The Labute approximate surface area is 298 Å². The number of pyridine rings is 1. The summed E-state index contributed by atoms with van der Waals surface area (Å²) in [4.78, 5) is 29.1. The van der Waals surface area contributed by atoms with Gasteiger partial charge in [0.15, 0.2) is 23.5 Å². The lowest BCUT2D eigenvalue weighted by Gasteiger charge is -2.34. The zero-order valence-electron chi connectivity index (χ0n) is 29.9. The van der Waals surface area contributed by atoms with Crippen LogP contribution in [0, 0.1) is 0 Å². The van der Waals surface area contributed by atoms with E-state index >= 15 is 0 Å². The Morgan fingerprint density at radius 1 is 1.10 bits per heavy atom. The average Bonchev–Trinajstić information content (AvgIpc) is 3.72. The number of benzene rings is 2. The molecule has 3 atom stereocenters. The van der Waals surface area contributed by atoms with Gasteiger partial charge in [-0.05, 0) is 86.2 Å². The van der Waals surface area contributed by atoms with E-state index in [2.05, 4.69) is 44.3 Å². The zero-order valence-corrected chi connectivity index (χ0v) is 30.7. The topological polar surface area (TPSA) is 156 Å². The van der Waals surface area contributed by atoms with Gasteiger partial charge in [-0.2, -0.15) is 0 Å². The largest absolute Gasteiger partial charge is 0.492 e. The number of hydrogen-bond donors (Lipinski definition) is 3. The highest BCUT2D eigenvalue weighted by molar-refractivity contribution is 7.92. The van der Waals surface area contributed by atoms with Crippen LogP contribution in [0.2, 0.25) is 0 Å². The molecule has 1 aliphatic heterocycles. The third kappa shape index (κ3) is 7.29. The summed E-state index contributed by atoms with van der Waals surface area (Å²) in [5.41, 5.74) is 1.18. The van der Waals surface area contributed by atoms with E-state index in [-0.39, 0.29) is 23.2 Å². The second-order valence-electron chi connectivity index (χ2n) is 14.4. The molecule has 6 rings (SSSR count). The first kappa shape index (κ1) is 35.9. The van der Waals surface area contributed by atoms with Crippen LogP contribution < -0.4 is 24.8 Å². The molecule has 4 aromatic rings. The molecule has 1 saturated heterocycles. The van der Waals surface area contributed by atoms with Crippen LogP contribution in [0.5, 0.6) is 11.5 Å². The van der Waals surface area contributed by atoms with Crippen LogP contribution >= 0.6 is 0 Å². The third-order valence-corrected chi connectivity index (χ3v) is 9.97. The van der Waals surface area contributed by atoms with Crippen molar-refractivity contribution in [2.24, 2.45) is 0 Å². The van der Waals surface area contributed by atoms with Gasteiger partial charge in [0.25, 0.3) is 0 Å². The molecule has 14 heteroatoms. The molecule has 0 unspecified atom stereocenters. The van der Waals surface area contributed by atoms with Gasteiger partial charge in [-0.1, -0.05) is 45.0 Å². The second-order valence-corrected chi connectivity index (χ2v) is 16.2. The molecule has 2 aromatic carbocycles. The number of amides is 2. The van der Waals surface area contributed by atoms with Crippen LogP contribution in [-0.4, -0.2) is 66.2 Å². The van der Waals surface area contributed by atoms with Gasteiger partial charge < -0.3 is 20.1 Å². The molecule has 13 nitrogen and oxygen atoms in total. The van der Waals surface area contributed by atoms with Crippen LogP contribution in [0.3, 0.4) is 0 Å². The minimum absolute atomic E-state index is 0.120. The lowest BCUT2D eigenvalue weighted by molar-refractivity contribution is -0.111. The number of fused-ring (bicyclic) bond motifs is 2. The standard InChI is InChI=1S/C37H45N7O6S/c1-23(2)43-18-10-13-30(43)34-41-40-32-15-14-25(21-44(32)34)50-31-16-17-37(22-45,27-12-9-8-11-26(27)31)39-35(46)38-28-19-24(36(3,4)5)20-29(33(28)49-6)42-51(7,47)48/h8-9,11-12,14-17,19-23,30-31,42H,10,13,18H2,1-7H3,(H2,38,39,46)/t30-,31+,37+/m0/s1. The lowest BCUT2D eigenvalue weighted by atomic mass is 9.81. The highest BCUT2D eigenvalue weighted by Crippen LogP contribution is 2.41. The summed E-state index contributed by atoms with van der Waals surface area (Å²) in [6, 6.07) is 14.2. The first-order valence-electron chi connectivity index (χ1n) is 16.9. The highest BCUT2D eigenvalue weighted by atomic mass is 32.2. The number of methoxy groups -OCH3 is 1. The fraction of sp³-hybridized carbons (Fsp3) is 0.405. The van der Waals surface area contributed by atoms with Crippen LogP contribution in [0.15, 0.2) is 66.9 Å². The van der Waals surface area contributed by atoms with E-state index < -0.39 is 33.1 Å². The summed E-state index contributed by atoms with van der Waals surface area (Å²) in [6.07, 6.45) is 8.52. The van der Waals surface area contributed by atoms with Gasteiger partial charge in [-0.25, -0.2) is 13.2 Å². The van der Waals surface area contributed by atoms with E-state index in [1.54, 1.807) is 36.4 Å². The monoisotopic (exact) mass is 715 g/mol. The molecule has 3 N–H and O–H groups in total. The Balaban J connectivity index is 1.28. The van der Waals surface area contributed by atoms with Gasteiger partial charge in [-0.15, -0.1) is 10.2 Å². The average molecular weight is 716 g/mol. The number of aldehydes is 1. The molecule has 0 radical (unpaired) electrons. The van der Waals surface area contributed by atoms with E-state index in [9.17, 15) is 18.0 Å². The maximum Gasteiger partial charge on any atom is 0.320 e. The molecule has 51 heavy (non-hydrogen) atoms. The zero-order chi connectivity index (χ0) is 36.7. The number of hydrogen-bond acceptors (Lipinski definition) is 9. The predicted octanol–water partition coefficient (Wildman–Crippen LogP) is 5.86. The summed E-state index contributed by atoms with van der Waals surface area (Å²) in [6.45, 7) is 11.3. The fourth-order valence-corrected chi connectivity index (χ4v) is 7.46. The minimum atomic E-state index is -3.67. The maximum atomic E-state index is 13.7. The number of rotatable bonds is 10. The van der Waals surface area contributed by atoms with Crippen molar-refractivity contribution in [2.75, 3.05) is 29.9 Å². The number of likely N-dealkylation sites (tertiary alicyclic amines) is 1. The number of sulfonamides is 1. The first-order chi connectivity index (χ1) is 24.1. The predicted molar refractivity (Wildman–Crippen MR) is 196 cm³/mol. The highest BCUT2D eigenvalue weighted by Gasteiger charge is 2.39. The van der Waals surface area contributed by atoms with Gasteiger partial charge in [0.2, 0.25) is 10.0 Å². The van der Waals surface area contributed by atoms with E-state index in [0.29, 0.717) is 29.2 Å². The molecular formula is C37H45N7O6S. The molecule has 2 aliphatic rings. The number of carbonyl (C=O) groups is 2. The minimum Gasteiger partial charge on any atom is -0.492 e. The van der Waals surface area contributed by atoms with Crippen molar-refractivity contribution >= 4 is 39.4 Å². The Morgan fingerprint density at radius 3 is 2.53 bits per heavy atom. The molecule has 0 saturated carbocycles. The summed E-state index contributed by atoms with van der Waals surface area (Å²) in [5, 5.41) is 14.6. The summed E-state index contributed by atoms with van der Waals surface area (Å²) < 4.78 is 40.9. The number of aromatic nitrogens is 3. The van der Waals surface area contributed by atoms with Crippen LogP contribution in [-0.2, 0) is 25.8 Å². The Morgan fingerprint density at radius 2 is 1.84 bits per heavy atom. The molecule has 2 amide bonds. The second kappa shape index (κ2) is 13.6. The van der Waals surface area contributed by atoms with Gasteiger partial charge in [0, 0.05) is 11.6 Å². The van der Waals surface area contributed by atoms with E-state index in [1.165, 1.54) is 7.11 Å². The first-order valence-corrected chi connectivity index (χ1v) is 18.8.